The number of fused-ring (bicyclic) bond motifs is 1. The van der Waals surface area contributed by atoms with Crippen LogP contribution in [0.5, 0.6) is 5.75 Å². The van der Waals surface area contributed by atoms with Crippen LogP contribution in [0.25, 0.3) is 0 Å². The molecule has 5 heteroatoms. The van der Waals surface area contributed by atoms with Crippen LogP contribution in [-0.4, -0.2) is 24.3 Å². The molecule has 0 N–H and O–H groups in total. The number of para-hydroxylation sites is 1. The third kappa shape index (κ3) is 6.51. The molecule has 2 aromatic carbocycles. The fourth-order valence-corrected chi connectivity index (χ4v) is 5.16. The highest BCUT2D eigenvalue weighted by Gasteiger charge is 2.27. The smallest absolute Gasteiger partial charge is 0.310 e. The Balaban J connectivity index is 1.52. The summed E-state index contributed by atoms with van der Waals surface area (Å²) in [5.74, 6) is 0.490. The molecule has 2 aromatic rings. The van der Waals surface area contributed by atoms with Gasteiger partial charge in [0.15, 0.2) is 0 Å². The van der Waals surface area contributed by atoms with Crippen molar-refractivity contribution < 1.29 is 19.0 Å². The van der Waals surface area contributed by atoms with Crippen molar-refractivity contribution in [3.05, 3.63) is 63.7 Å². The van der Waals surface area contributed by atoms with Crippen molar-refractivity contribution in [2.24, 2.45) is 0 Å². The summed E-state index contributed by atoms with van der Waals surface area (Å²) in [6.45, 7) is 6.53. The average Bonchev–Trinajstić information content (AvgIpc) is 3.26. The summed E-state index contributed by atoms with van der Waals surface area (Å²) in [6, 6.07) is 11.9. The van der Waals surface area contributed by atoms with E-state index < -0.39 is 5.60 Å². The average molecular weight is 471 g/mol. The van der Waals surface area contributed by atoms with Gasteiger partial charge in [-0.2, -0.15) is 0 Å². The number of halogens is 1. The van der Waals surface area contributed by atoms with E-state index in [-0.39, 0.29) is 18.5 Å². The first-order valence-electron chi connectivity index (χ1n) is 12.2. The van der Waals surface area contributed by atoms with Crippen LogP contribution in [0.1, 0.15) is 81.2 Å². The second-order valence-corrected chi connectivity index (χ2v) is 10.6. The van der Waals surface area contributed by atoms with Gasteiger partial charge in [-0.1, -0.05) is 29.8 Å². The predicted molar refractivity (Wildman–Crippen MR) is 131 cm³/mol. The van der Waals surface area contributed by atoms with Crippen molar-refractivity contribution in [1.29, 1.82) is 0 Å². The van der Waals surface area contributed by atoms with Crippen LogP contribution in [0.4, 0.5) is 0 Å². The lowest BCUT2D eigenvalue weighted by molar-refractivity contribution is -0.153. The van der Waals surface area contributed by atoms with E-state index in [9.17, 15) is 4.79 Å². The molecule has 0 aromatic heterocycles. The third-order valence-electron chi connectivity index (χ3n) is 6.34. The Labute approximate surface area is 202 Å². The lowest BCUT2D eigenvalue weighted by atomic mass is 9.84. The molecule has 178 valence electrons. The fourth-order valence-electron chi connectivity index (χ4n) is 4.91. The Morgan fingerprint density at radius 2 is 1.94 bits per heavy atom. The van der Waals surface area contributed by atoms with E-state index in [1.807, 2.05) is 45.0 Å². The molecule has 1 heterocycles. The highest BCUT2D eigenvalue weighted by atomic mass is 35.5. The van der Waals surface area contributed by atoms with Gasteiger partial charge < -0.3 is 14.2 Å². The molecule has 0 saturated carbocycles. The summed E-state index contributed by atoms with van der Waals surface area (Å²) in [5, 5.41) is 0.758. The third-order valence-corrected chi connectivity index (χ3v) is 6.56. The largest absolute Gasteiger partial charge is 0.485 e. The first kappa shape index (κ1) is 24.1. The zero-order chi connectivity index (χ0) is 23.4. The molecule has 1 unspecified atom stereocenters. The molecule has 0 radical (unpaired) electrons. The Hall–Kier alpha value is -2.04. The number of rotatable bonds is 7. The molecule has 1 aliphatic heterocycles. The molecular formula is C28H35ClO4. The lowest BCUT2D eigenvalue weighted by Crippen LogP contribution is -2.25. The maximum atomic E-state index is 12.4. The number of ether oxygens (including phenoxy) is 3. The van der Waals surface area contributed by atoms with Crippen molar-refractivity contribution in [2.45, 2.75) is 89.9 Å². The highest BCUT2D eigenvalue weighted by molar-refractivity contribution is 6.30. The van der Waals surface area contributed by atoms with Crippen molar-refractivity contribution in [2.75, 3.05) is 6.61 Å². The van der Waals surface area contributed by atoms with Crippen LogP contribution in [0.15, 0.2) is 36.4 Å². The molecule has 2 aliphatic rings. The summed E-state index contributed by atoms with van der Waals surface area (Å²) in [5.41, 5.74) is 4.22. The number of hydrogen-bond donors (Lipinski definition) is 0. The summed E-state index contributed by atoms with van der Waals surface area (Å²) in [4.78, 5) is 12.4. The van der Waals surface area contributed by atoms with E-state index in [1.54, 1.807) is 0 Å². The molecular weight excluding hydrogens is 436 g/mol. The SMILES string of the molecule is CC(C)(C)OC(=O)Cc1ccccc1OC1CCCc2c(CC[C@H]3CCCO3)cc(Cl)cc21. The monoisotopic (exact) mass is 470 g/mol. The van der Waals surface area contributed by atoms with E-state index in [0.29, 0.717) is 6.10 Å². The van der Waals surface area contributed by atoms with Gasteiger partial charge in [-0.05, 0) is 101 Å². The van der Waals surface area contributed by atoms with Crippen molar-refractivity contribution in [3.8, 4) is 5.75 Å². The maximum absolute atomic E-state index is 12.4. The molecule has 4 nitrogen and oxygen atoms in total. The number of aryl methyl sites for hydroxylation is 1. The van der Waals surface area contributed by atoms with Crippen LogP contribution in [0.3, 0.4) is 0 Å². The van der Waals surface area contributed by atoms with Crippen LogP contribution in [-0.2, 0) is 33.5 Å². The Bertz CT molecular complexity index is 972. The van der Waals surface area contributed by atoms with E-state index in [1.165, 1.54) is 16.7 Å². The molecule has 1 aliphatic carbocycles. The summed E-state index contributed by atoms with van der Waals surface area (Å²) in [6.07, 6.45) is 7.87. The molecule has 1 saturated heterocycles. The van der Waals surface area contributed by atoms with Gasteiger partial charge in [0.05, 0.1) is 12.5 Å². The van der Waals surface area contributed by atoms with Gasteiger partial charge in [0, 0.05) is 17.2 Å². The predicted octanol–water partition coefficient (Wildman–Crippen LogP) is 6.79. The lowest BCUT2D eigenvalue weighted by Gasteiger charge is -2.29. The summed E-state index contributed by atoms with van der Waals surface area (Å²) < 4.78 is 17.9. The summed E-state index contributed by atoms with van der Waals surface area (Å²) >= 11 is 6.56. The van der Waals surface area contributed by atoms with Crippen molar-refractivity contribution in [3.63, 3.8) is 0 Å². The number of esters is 1. The normalized spacial score (nSPS) is 20.4. The molecule has 0 spiro atoms. The van der Waals surface area contributed by atoms with Crippen LogP contribution in [0.2, 0.25) is 5.02 Å². The topological polar surface area (TPSA) is 44.8 Å². The second-order valence-electron chi connectivity index (χ2n) is 10.2. The van der Waals surface area contributed by atoms with Gasteiger partial charge in [-0.15, -0.1) is 0 Å². The van der Waals surface area contributed by atoms with Gasteiger partial charge in [-0.25, -0.2) is 0 Å². The minimum Gasteiger partial charge on any atom is -0.485 e. The fraction of sp³-hybridized carbons (Fsp3) is 0.536. The molecule has 33 heavy (non-hydrogen) atoms. The second kappa shape index (κ2) is 10.5. The van der Waals surface area contributed by atoms with Crippen LogP contribution in [0, 0.1) is 0 Å². The molecule has 0 bridgehead atoms. The Kier molecular flexibility index (Phi) is 7.65. The number of carbonyl (C=O) groups is 1. The molecule has 4 rings (SSSR count). The first-order valence-corrected chi connectivity index (χ1v) is 12.6. The first-order chi connectivity index (χ1) is 15.8. The zero-order valence-corrected chi connectivity index (χ0v) is 20.7. The maximum Gasteiger partial charge on any atom is 0.310 e. The zero-order valence-electron chi connectivity index (χ0n) is 20.0. The van der Waals surface area contributed by atoms with E-state index in [2.05, 4.69) is 12.1 Å². The number of hydrogen-bond acceptors (Lipinski definition) is 4. The van der Waals surface area contributed by atoms with Crippen molar-refractivity contribution in [1.82, 2.24) is 0 Å². The standard InChI is InChI=1S/C28H35ClO4/c1-28(2,3)33-27(30)17-20-8-4-5-11-25(20)32-26-12-6-10-23-19(16-21(29)18-24(23)26)13-14-22-9-7-15-31-22/h4-5,8,11,16,18,22,26H,6-7,9-10,12-15,17H2,1-3H3/t22-,26?/m1/s1. The van der Waals surface area contributed by atoms with Gasteiger partial charge in [0.2, 0.25) is 0 Å². The van der Waals surface area contributed by atoms with Gasteiger partial charge >= 0.3 is 5.97 Å². The van der Waals surface area contributed by atoms with Gasteiger partial charge in [-0.3, -0.25) is 4.79 Å². The van der Waals surface area contributed by atoms with E-state index in [4.69, 9.17) is 25.8 Å². The summed E-state index contributed by atoms with van der Waals surface area (Å²) in [7, 11) is 0. The van der Waals surface area contributed by atoms with Crippen LogP contribution >= 0.6 is 11.6 Å². The quantitative estimate of drug-likeness (QED) is 0.418. The molecule has 0 amide bonds. The van der Waals surface area contributed by atoms with Crippen molar-refractivity contribution >= 4 is 17.6 Å². The minimum absolute atomic E-state index is 0.0753. The number of benzene rings is 2. The van der Waals surface area contributed by atoms with Crippen LogP contribution < -0.4 is 4.74 Å². The van der Waals surface area contributed by atoms with E-state index in [0.717, 1.165) is 67.9 Å². The number of carbonyl (C=O) groups excluding carboxylic acids is 1. The van der Waals surface area contributed by atoms with E-state index >= 15 is 0 Å². The minimum atomic E-state index is -0.508. The highest BCUT2D eigenvalue weighted by Crippen LogP contribution is 2.38. The van der Waals surface area contributed by atoms with Gasteiger partial charge in [0.1, 0.15) is 17.5 Å². The molecule has 2 atom stereocenters. The Morgan fingerprint density at radius 3 is 2.70 bits per heavy atom. The Morgan fingerprint density at radius 1 is 1.12 bits per heavy atom. The molecule has 1 fully saturated rings. The van der Waals surface area contributed by atoms with Gasteiger partial charge in [0.25, 0.3) is 0 Å².